The molecule has 1 aliphatic heterocycles. The second-order valence-electron chi connectivity index (χ2n) is 3.05. The Morgan fingerprint density at radius 3 is 3.08 bits per heavy atom. The highest BCUT2D eigenvalue weighted by atomic mass is 16.5. The molecule has 1 rings (SSSR count). The molecule has 2 unspecified atom stereocenters. The Morgan fingerprint density at radius 1 is 1.92 bits per heavy atom. The summed E-state index contributed by atoms with van der Waals surface area (Å²) in [5.41, 5.74) is -0.976. The first kappa shape index (κ1) is 8.81. The molecule has 2 atom stereocenters. The largest absolute Gasteiger partial charge is 0.481 e. The maximum absolute atomic E-state index is 10.8. The molecule has 12 heavy (non-hydrogen) atoms. The number of nitrogens with zero attached hydrogens (tertiary/aromatic N) is 1. The fraction of sp³-hybridized carbons (Fsp3) is 0.714. The summed E-state index contributed by atoms with van der Waals surface area (Å²) < 4.78 is 4.99. The van der Waals surface area contributed by atoms with Gasteiger partial charge in [0.2, 0.25) is 0 Å². The minimum absolute atomic E-state index is 0.154. The van der Waals surface area contributed by atoms with Crippen molar-refractivity contribution in [3.05, 3.63) is 0 Å². The van der Waals surface area contributed by atoms with Crippen LogP contribution in [0.15, 0.2) is 0 Å². The molecule has 66 valence electrons. The number of rotatable bonds is 2. The molecule has 0 saturated carbocycles. The van der Waals surface area contributed by atoms with Crippen LogP contribution in [-0.4, -0.2) is 30.3 Å². The minimum atomic E-state index is -0.976. The summed E-state index contributed by atoms with van der Waals surface area (Å²) in [6.45, 7) is 2.00. The molecule has 0 aliphatic carbocycles. The van der Waals surface area contributed by atoms with Crippen LogP contribution in [0.25, 0.3) is 0 Å². The topological polar surface area (TPSA) is 82.3 Å². The predicted molar refractivity (Wildman–Crippen MR) is 39.1 cm³/mol. The number of aliphatic carboxylic acids is 1. The van der Waals surface area contributed by atoms with Crippen LogP contribution in [0, 0.1) is 16.9 Å². The Bertz CT molecular complexity index is 235. The number of hydrogen-bond donors (Lipinski definition) is 2. The molecule has 2 N–H and O–H groups in total. The first-order valence-electron chi connectivity index (χ1n) is 3.57. The zero-order valence-corrected chi connectivity index (χ0v) is 6.70. The van der Waals surface area contributed by atoms with Crippen LogP contribution in [-0.2, 0) is 9.53 Å². The average Bonchev–Trinajstić information content (AvgIpc) is 2.35. The summed E-state index contributed by atoms with van der Waals surface area (Å²) in [5, 5.41) is 19.6. The van der Waals surface area contributed by atoms with Gasteiger partial charge in [0.05, 0.1) is 19.3 Å². The van der Waals surface area contributed by atoms with Gasteiger partial charge in [-0.3, -0.25) is 4.79 Å². The third-order valence-corrected chi connectivity index (χ3v) is 2.18. The fourth-order valence-electron chi connectivity index (χ4n) is 1.16. The molecular weight excluding hydrogens is 160 g/mol. The first-order valence-corrected chi connectivity index (χ1v) is 3.57. The van der Waals surface area contributed by atoms with Crippen LogP contribution in [0.5, 0.6) is 0 Å². The van der Waals surface area contributed by atoms with Crippen LogP contribution >= 0.6 is 0 Å². The summed E-state index contributed by atoms with van der Waals surface area (Å²) in [5.74, 6) is -0.937. The zero-order valence-electron chi connectivity index (χ0n) is 6.70. The maximum Gasteiger partial charge on any atom is 0.313 e. The van der Waals surface area contributed by atoms with E-state index in [1.54, 1.807) is 13.1 Å². The highest BCUT2D eigenvalue weighted by Crippen LogP contribution is 2.28. The second-order valence-corrected chi connectivity index (χ2v) is 3.05. The van der Waals surface area contributed by atoms with Crippen LogP contribution in [0.4, 0.5) is 0 Å². The summed E-state index contributed by atoms with van der Waals surface area (Å²) >= 11 is 0. The molecule has 1 saturated heterocycles. The van der Waals surface area contributed by atoms with Gasteiger partial charge in [-0.1, -0.05) is 0 Å². The number of carboxylic acids is 1. The first-order chi connectivity index (χ1) is 5.61. The summed E-state index contributed by atoms with van der Waals surface area (Å²) in [6.07, 6.45) is 1.73. The van der Waals surface area contributed by atoms with Gasteiger partial charge in [0.1, 0.15) is 5.41 Å². The SMILES string of the molecule is CC1(C(=O)O)COCC1NC#N. The Hall–Kier alpha value is -1.28. The summed E-state index contributed by atoms with van der Waals surface area (Å²) in [4.78, 5) is 10.8. The molecule has 5 nitrogen and oxygen atoms in total. The van der Waals surface area contributed by atoms with Crippen LogP contribution < -0.4 is 5.32 Å². The lowest BCUT2D eigenvalue weighted by Gasteiger charge is -2.22. The lowest BCUT2D eigenvalue weighted by atomic mass is 9.86. The molecule has 1 heterocycles. The summed E-state index contributed by atoms with van der Waals surface area (Å²) in [6, 6.07) is -0.417. The van der Waals surface area contributed by atoms with E-state index < -0.39 is 17.4 Å². The third kappa shape index (κ3) is 1.21. The Labute approximate surface area is 69.9 Å². The van der Waals surface area contributed by atoms with Gasteiger partial charge in [-0.15, -0.1) is 0 Å². The van der Waals surface area contributed by atoms with Gasteiger partial charge in [0.25, 0.3) is 0 Å². The molecule has 1 fully saturated rings. The van der Waals surface area contributed by atoms with E-state index in [0.717, 1.165) is 0 Å². The number of carboxylic acid groups (broad SMARTS) is 1. The van der Waals surface area contributed by atoms with Gasteiger partial charge >= 0.3 is 5.97 Å². The van der Waals surface area contributed by atoms with Crippen molar-refractivity contribution < 1.29 is 14.6 Å². The molecule has 1 aliphatic rings. The van der Waals surface area contributed by atoms with Crippen LogP contribution in [0.2, 0.25) is 0 Å². The minimum Gasteiger partial charge on any atom is -0.481 e. The van der Waals surface area contributed by atoms with Gasteiger partial charge in [0, 0.05) is 0 Å². The highest BCUT2D eigenvalue weighted by Gasteiger charge is 2.46. The normalized spacial score (nSPS) is 34.2. The van der Waals surface area contributed by atoms with Gasteiger partial charge in [-0.25, -0.2) is 0 Å². The Morgan fingerprint density at radius 2 is 2.58 bits per heavy atom. The van der Waals surface area contributed by atoms with Crippen LogP contribution in [0.1, 0.15) is 6.92 Å². The summed E-state index contributed by atoms with van der Waals surface area (Å²) in [7, 11) is 0. The van der Waals surface area contributed by atoms with E-state index >= 15 is 0 Å². The van der Waals surface area contributed by atoms with E-state index in [-0.39, 0.29) is 13.2 Å². The van der Waals surface area contributed by atoms with E-state index in [1.807, 2.05) is 0 Å². The van der Waals surface area contributed by atoms with Crippen molar-refractivity contribution >= 4 is 5.97 Å². The molecule has 0 bridgehead atoms. The molecule has 0 aromatic carbocycles. The molecule has 0 radical (unpaired) electrons. The lowest BCUT2D eigenvalue weighted by Crippen LogP contribution is -2.45. The van der Waals surface area contributed by atoms with Crippen molar-refractivity contribution in [3.8, 4) is 6.19 Å². The van der Waals surface area contributed by atoms with E-state index in [9.17, 15) is 4.79 Å². The molecule has 0 aromatic heterocycles. The monoisotopic (exact) mass is 170 g/mol. The van der Waals surface area contributed by atoms with Gasteiger partial charge in [0.15, 0.2) is 6.19 Å². The second kappa shape index (κ2) is 2.99. The number of carbonyl (C=O) groups is 1. The quantitative estimate of drug-likeness (QED) is 0.433. The van der Waals surface area contributed by atoms with Gasteiger partial charge in [-0.2, -0.15) is 5.26 Å². The fourth-order valence-corrected chi connectivity index (χ4v) is 1.16. The lowest BCUT2D eigenvalue weighted by molar-refractivity contribution is -0.148. The zero-order chi connectivity index (χ0) is 9.19. The highest BCUT2D eigenvalue weighted by molar-refractivity contribution is 5.75. The van der Waals surface area contributed by atoms with Crippen LogP contribution in [0.3, 0.4) is 0 Å². The average molecular weight is 170 g/mol. The van der Waals surface area contributed by atoms with E-state index in [1.165, 1.54) is 0 Å². The number of nitriles is 1. The Kier molecular flexibility index (Phi) is 2.20. The van der Waals surface area contributed by atoms with Crippen molar-refractivity contribution in [2.45, 2.75) is 13.0 Å². The van der Waals surface area contributed by atoms with Crippen molar-refractivity contribution in [3.63, 3.8) is 0 Å². The molecule has 0 amide bonds. The predicted octanol–water partition coefficient (Wildman–Crippen LogP) is -0.453. The Balaban J connectivity index is 2.75. The third-order valence-electron chi connectivity index (χ3n) is 2.18. The van der Waals surface area contributed by atoms with E-state index in [0.29, 0.717) is 0 Å². The standard InChI is InChI=1S/C7H10N2O3/c1-7(6(10)11)3-12-2-5(7)9-4-8/h5,9H,2-3H2,1H3,(H,10,11). The smallest absolute Gasteiger partial charge is 0.313 e. The molecular formula is C7H10N2O3. The number of hydrogen-bond acceptors (Lipinski definition) is 4. The molecule has 0 aromatic rings. The number of nitrogens with one attached hydrogen (secondary N) is 1. The van der Waals surface area contributed by atoms with Crippen molar-refractivity contribution in [1.82, 2.24) is 5.32 Å². The van der Waals surface area contributed by atoms with Crippen molar-refractivity contribution in [1.29, 1.82) is 5.26 Å². The molecule has 0 spiro atoms. The van der Waals surface area contributed by atoms with Gasteiger partial charge in [-0.05, 0) is 6.92 Å². The number of ether oxygens (including phenoxy) is 1. The van der Waals surface area contributed by atoms with Crippen molar-refractivity contribution in [2.75, 3.05) is 13.2 Å². The maximum atomic E-state index is 10.8. The molecule has 5 heteroatoms. The van der Waals surface area contributed by atoms with Gasteiger partial charge < -0.3 is 15.2 Å². The van der Waals surface area contributed by atoms with E-state index in [2.05, 4.69) is 5.32 Å². The van der Waals surface area contributed by atoms with Crippen molar-refractivity contribution in [2.24, 2.45) is 5.41 Å². The van der Waals surface area contributed by atoms with E-state index in [4.69, 9.17) is 15.1 Å².